The van der Waals surface area contributed by atoms with Crippen molar-refractivity contribution in [3.63, 3.8) is 0 Å². The molecule has 0 saturated carbocycles. The van der Waals surface area contributed by atoms with Crippen molar-refractivity contribution in [2.24, 2.45) is 0 Å². The van der Waals surface area contributed by atoms with Gasteiger partial charge < -0.3 is 9.47 Å². The van der Waals surface area contributed by atoms with Gasteiger partial charge in [-0.1, -0.05) is 72.8 Å². The third-order valence-electron chi connectivity index (χ3n) is 5.84. The van der Waals surface area contributed by atoms with Gasteiger partial charge in [-0.15, -0.1) is 0 Å². The van der Waals surface area contributed by atoms with E-state index in [0.29, 0.717) is 6.42 Å². The van der Waals surface area contributed by atoms with E-state index in [4.69, 9.17) is 9.47 Å². The summed E-state index contributed by atoms with van der Waals surface area (Å²) in [6, 6.07) is 19.2. The Morgan fingerprint density at radius 1 is 0.893 bits per heavy atom. The zero-order chi connectivity index (χ0) is 19.1. The molecule has 0 unspecified atom stereocenters. The van der Waals surface area contributed by atoms with Gasteiger partial charge in [0.1, 0.15) is 18.8 Å². The molecule has 4 atom stereocenters. The highest BCUT2D eigenvalue weighted by Crippen LogP contribution is 2.38. The lowest BCUT2D eigenvalue weighted by atomic mass is 9.83. The summed E-state index contributed by atoms with van der Waals surface area (Å²) in [4.78, 5) is 27.2. The van der Waals surface area contributed by atoms with Crippen LogP contribution in [-0.2, 0) is 14.3 Å². The smallest absolute Gasteiger partial charge is 0.410 e. The lowest BCUT2D eigenvalue weighted by Crippen LogP contribution is -2.56. The number of carbonyl (C=O) groups is 2. The Hall–Kier alpha value is -2.92. The van der Waals surface area contributed by atoms with Crippen molar-refractivity contribution in [1.29, 1.82) is 0 Å². The summed E-state index contributed by atoms with van der Waals surface area (Å²) in [5.41, 5.74) is 2.18. The molecule has 2 saturated heterocycles. The zero-order valence-corrected chi connectivity index (χ0v) is 15.3. The third kappa shape index (κ3) is 2.83. The highest BCUT2D eigenvalue weighted by molar-refractivity contribution is 5.90. The van der Waals surface area contributed by atoms with Crippen LogP contribution in [0, 0.1) is 0 Å². The molecular formula is C23H21NO4. The molecule has 3 aliphatic rings. The Labute approximate surface area is 163 Å². The molecule has 3 heterocycles. The molecule has 2 fully saturated rings. The van der Waals surface area contributed by atoms with Crippen molar-refractivity contribution < 1.29 is 19.1 Å². The van der Waals surface area contributed by atoms with Crippen LogP contribution < -0.4 is 0 Å². The maximum absolute atomic E-state index is 12.9. The van der Waals surface area contributed by atoms with Crippen LogP contribution in [0.15, 0.2) is 72.8 Å². The Balaban J connectivity index is 1.57. The highest BCUT2D eigenvalue weighted by atomic mass is 16.6. The maximum Gasteiger partial charge on any atom is 0.410 e. The van der Waals surface area contributed by atoms with Gasteiger partial charge in [0.05, 0.1) is 12.1 Å². The molecule has 2 bridgehead atoms. The van der Waals surface area contributed by atoms with E-state index in [1.165, 1.54) is 0 Å². The molecule has 5 heteroatoms. The van der Waals surface area contributed by atoms with Crippen molar-refractivity contribution in [2.75, 3.05) is 6.61 Å². The third-order valence-corrected chi connectivity index (χ3v) is 5.84. The standard InChI is InChI=1S/C23H21NO4/c25-19-13-17-11-12-20(28-17)22(19)24-18(14-27-23(24)26)21(15-7-3-1-4-8-15)16-9-5-2-6-10-16/h1-12,17-18,20-22H,13-14H2/t17-,18+,20+,22+/m1/s1. The van der Waals surface area contributed by atoms with E-state index < -0.39 is 18.2 Å². The number of ether oxygens (including phenoxy) is 2. The van der Waals surface area contributed by atoms with E-state index in [9.17, 15) is 9.59 Å². The van der Waals surface area contributed by atoms with Crippen LogP contribution in [0.2, 0.25) is 0 Å². The molecule has 2 aromatic rings. The quantitative estimate of drug-likeness (QED) is 0.770. The summed E-state index contributed by atoms with van der Waals surface area (Å²) in [6.07, 6.45) is 3.13. The first-order valence-electron chi connectivity index (χ1n) is 9.64. The molecule has 0 spiro atoms. The molecule has 5 rings (SSSR count). The predicted octanol–water partition coefficient (Wildman–Crippen LogP) is 3.30. The first-order valence-corrected chi connectivity index (χ1v) is 9.64. The maximum atomic E-state index is 12.9. The van der Waals surface area contributed by atoms with E-state index in [2.05, 4.69) is 24.3 Å². The van der Waals surface area contributed by atoms with Crippen LogP contribution in [0.4, 0.5) is 4.79 Å². The lowest BCUT2D eigenvalue weighted by molar-refractivity contribution is -0.138. The molecule has 1 amide bonds. The largest absolute Gasteiger partial charge is 0.447 e. The topological polar surface area (TPSA) is 55.8 Å². The molecule has 0 N–H and O–H groups in total. The molecule has 0 radical (unpaired) electrons. The summed E-state index contributed by atoms with van der Waals surface area (Å²) < 4.78 is 11.4. The SMILES string of the molecule is O=C1C[C@H]2C=C[C@H](O2)[C@H]1N1C(=O)OC[C@H]1C(c1ccccc1)c1ccccc1. The van der Waals surface area contributed by atoms with Crippen molar-refractivity contribution in [2.45, 2.75) is 36.6 Å². The summed E-state index contributed by atoms with van der Waals surface area (Å²) in [5.74, 6) is -0.0558. The van der Waals surface area contributed by atoms with Gasteiger partial charge in [-0.05, 0) is 11.1 Å². The van der Waals surface area contributed by atoms with E-state index in [-0.39, 0.29) is 30.5 Å². The van der Waals surface area contributed by atoms with Crippen LogP contribution in [0.1, 0.15) is 23.5 Å². The Bertz CT molecular complexity index is 871. The van der Waals surface area contributed by atoms with Crippen molar-refractivity contribution in [3.05, 3.63) is 83.9 Å². The fourth-order valence-corrected chi connectivity index (χ4v) is 4.62. The Kier molecular flexibility index (Phi) is 4.24. The van der Waals surface area contributed by atoms with Gasteiger partial charge in [0, 0.05) is 12.3 Å². The molecule has 3 aliphatic heterocycles. The van der Waals surface area contributed by atoms with Crippen LogP contribution in [0.5, 0.6) is 0 Å². The molecule has 0 aromatic heterocycles. The Morgan fingerprint density at radius 3 is 2.18 bits per heavy atom. The first kappa shape index (κ1) is 17.2. The second-order valence-corrected chi connectivity index (χ2v) is 7.49. The predicted molar refractivity (Wildman–Crippen MR) is 103 cm³/mol. The van der Waals surface area contributed by atoms with Gasteiger partial charge in [-0.3, -0.25) is 9.69 Å². The van der Waals surface area contributed by atoms with Crippen molar-refractivity contribution in [3.8, 4) is 0 Å². The summed E-state index contributed by atoms with van der Waals surface area (Å²) in [5, 5.41) is 0. The minimum absolute atomic E-state index is 0.0370. The monoisotopic (exact) mass is 375 g/mol. The fraction of sp³-hybridized carbons (Fsp3) is 0.304. The minimum atomic E-state index is -0.634. The second-order valence-electron chi connectivity index (χ2n) is 7.49. The van der Waals surface area contributed by atoms with E-state index >= 15 is 0 Å². The lowest BCUT2D eigenvalue weighted by Gasteiger charge is -2.39. The van der Waals surface area contributed by atoms with Gasteiger partial charge in [-0.2, -0.15) is 0 Å². The van der Waals surface area contributed by atoms with Crippen LogP contribution in [-0.4, -0.2) is 47.7 Å². The number of hydrogen-bond acceptors (Lipinski definition) is 4. The molecule has 2 aromatic carbocycles. The number of fused-ring (bicyclic) bond motifs is 2. The summed E-state index contributed by atoms with van der Waals surface area (Å²) >= 11 is 0. The molecule has 28 heavy (non-hydrogen) atoms. The van der Waals surface area contributed by atoms with Crippen LogP contribution >= 0.6 is 0 Å². The van der Waals surface area contributed by atoms with Crippen molar-refractivity contribution in [1.82, 2.24) is 4.90 Å². The fourth-order valence-electron chi connectivity index (χ4n) is 4.62. The van der Waals surface area contributed by atoms with E-state index in [0.717, 1.165) is 11.1 Å². The zero-order valence-electron chi connectivity index (χ0n) is 15.3. The number of rotatable bonds is 4. The number of cyclic esters (lactones) is 1. The van der Waals surface area contributed by atoms with Gasteiger partial charge in [0.15, 0.2) is 5.78 Å². The summed E-state index contributed by atoms with van der Waals surface area (Å²) in [6.45, 7) is 0.247. The molecule has 5 nitrogen and oxygen atoms in total. The average Bonchev–Trinajstić information content (AvgIpc) is 3.29. The molecule has 142 valence electrons. The van der Waals surface area contributed by atoms with Crippen LogP contribution in [0.3, 0.4) is 0 Å². The Morgan fingerprint density at radius 2 is 1.54 bits per heavy atom. The number of nitrogens with zero attached hydrogens (tertiary/aromatic N) is 1. The molecule has 0 aliphatic carbocycles. The number of carbonyl (C=O) groups excluding carboxylic acids is 2. The van der Waals surface area contributed by atoms with Gasteiger partial charge in [0.2, 0.25) is 0 Å². The number of Topliss-reactive ketones (excluding diaryl/α,β-unsaturated/α-hetero) is 1. The first-order chi connectivity index (χ1) is 13.7. The van der Waals surface area contributed by atoms with E-state index in [1.807, 2.05) is 48.6 Å². The number of hydrogen-bond donors (Lipinski definition) is 0. The highest BCUT2D eigenvalue weighted by Gasteiger charge is 2.51. The minimum Gasteiger partial charge on any atom is -0.447 e. The van der Waals surface area contributed by atoms with Crippen LogP contribution in [0.25, 0.3) is 0 Å². The normalized spacial score (nSPS) is 28.8. The number of benzene rings is 2. The average molecular weight is 375 g/mol. The second kappa shape index (κ2) is 6.91. The summed E-state index contributed by atoms with van der Waals surface area (Å²) in [7, 11) is 0. The number of amides is 1. The van der Waals surface area contributed by atoms with Gasteiger partial charge in [0.25, 0.3) is 0 Å². The van der Waals surface area contributed by atoms with Crippen molar-refractivity contribution >= 4 is 11.9 Å². The van der Waals surface area contributed by atoms with Gasteiger partial charge >= 0.3 is 6.09 Å². The number of ketones is 1. The van der Waals surface area contributed by atoms with Gasteiger partial charge in [-0.25, -0.2) is 4.79 Å². The molecular weight excluding hydrogens is 354 g/mol. The van der Waals surface area contributed by atoms with E-state index in [1.54, 1.807) is 4.90 Å².